The minimum atomic E-state index is -0.233. The van der Waals surface area contributed by atoms with Gasteiger partial charge in [-0.05, 0) is 37.1 Å². The molecule has 2 rings (SSSR count). The third-order valence-corrected chi connectivity index (χ3v) is 4.23. The molecular formula is C18H26N4O4. The number of hydrogen-bond acceptors (Lipinski definition) is 4. The van der Waals surface area contributed by atoms with Crippen LogP contribution in [0.3, 0.4) is 0 Å². The zero-order valence-corrected chi connectivity index (χ0v) is 15.4. The number of hydrogen-bond donors (Lipinski definition) is 2. The lowest BCUT2D eigenvalue weighted by Gasteiger charge is -2.33. The van der Waals surface area contributed by atoms with Gasteiger partial charge in [-0.2, -0.15) is 0 Å². The van der Waals surface area contributed by atoms with Gasteiger partial charge in [-0.15, -0.1) is 0 Å². The van der Waals surface area contributed by atoms with Crippen LogP contribution in [-0.2, 0) is 14.3 Å². The van der Waals surface area contributed by atoms with Crippen LogP contribution in [0.1, 0.15) is 12.8 Å². The van der Waals surface area contributed by atoms with E-state index in [9.17, 15) is 14.4 Å². The van der Waals surface area contributed by atoms with Gasteiger partial charge in [0.25, 0.3) is 0 Å². The molecule has 0 bridgehead atoms. The molecule has 8 heteroatoms. The summed E-state index contributed by atoms with van der Waals surface area (Å²) in [5.41, 5.74) is 1.31. The molecule has 0 spiro atoms. The Balaban J connectivity index is 1.83. The van der Waals surface area contributed by atoms with Crippen molar-refractivity contribution in [1.82, 2.24) is 9.80 Å². The van der Waals surface area contributed by atoms with Gasteiger partial charge in [0.05, 0.1) is 0 Å². The number of nitrogens with zero attached hydrogens (tertiary/aromatic N) is 2. The molecule has 2 N–H and O–H groups in total. The van der Waals surface area contributed by atoms with Crippen molar-refractivity contribution >= 4 is 29.2 Å². The maximum Gasteiger partial charge on any atom is 0.319 e. The van der Waals surface area contributed by atoms with E-state index in [1.807, 2.05) is 0 Å². The van der Waals surface area contributed by atoms with Crippen molar-refractivity contribution in [2.45, 2.75) is 12.8 Å². The fourth-order valence-corrected chi connectivity index (χ4v) is 2.83. The topological polar surface area (TPSA) is 91.0 Å². The van der Waals surface area contributed by atoms with E-state index in [2.05, 4.69) is 10.6 Å². The Bertz CT molecular complexity index is 637. The van der Waals surface area contributed by atoms with E-state index in [0.29, 0.717) is 37.3 Å². The third-order valence-electron chi connectivity index (χ3n) is 4.23. The molecule has 1 aliphatic rings. The van der Waals surface area contributed by atoms with Crippen molar-refractivity contribution in [2.75, 3.05) is 51.5 Å². The number of urea groups is 1. The Labute approximate surface area is 153 Å². The second-order valence-corrected chi connectivity index (χ2v) is 6.49. The highest BCUT2D eigenvalue weighted by Gasteiger charge is 2.27. The lowest BCUT2D eigenvalue weighted by Crippen LogP contribution is -2.45. The standard InChI is InChI=1S/C18H26N4O4/c1-21(2)18(25)22-10-8-13(9-11-22)17(24)20-15-6-4-14(5-7-15)19-16(23)12-26-3/h4-7,13H,8-12H2,1-3H3,(H,19,23)(H,20,24). The van der Waals surface area contributed by atoms with Crippen molar-refractivity contribution in [3.63, 3.8) is 0 Å². The summed E-state index contributed by atoms with van der Waals surface area (Å²) in [5, 5.41) is 5.59. The van der Waals surface area contributed by atoms with Gasteiger partial charge in [0, 0.05) is 51.6 Å². The number of amides is 4. The molecule has 0 atom stereocenters. The first-order valence-electron chi connectivity index (χ1n) is 8.56. The summed E-state index contributed by atoms with van der Waals surface area (Å²) in [5.74, 6) is -0.385. The molecule has 0 saturated carbocycles. The van der Waals surface area contributed by atoms with Gasteiger partial charge in [-0.3, -0.25) is 9.59 Å². The highest BCUT2D eigenvalue weighted by atomic mass is 16.5. The maximum absolute atomic E-state index is 12.4. The largest absolute Gasteiger partial charge is 0.375 e. The number of likely N-dealkylation sites (tertiary alicyclic amines) is 1. The second kappa shape index (κ2) is 9.19. The molecule has 8 nitrogen and oxygen atoms in total. The number of carbonyl (C=O) groups is 3. The van der Waals surface area contributed by atoms with Crippen LogP contribution in [0, 0.1) is 5.92 Å². The van der Waals surface area contributed by atoms with E-state index in [1.54, 1.807) is 48.2 Å². The van der Waals surface area contributed by atoms with Gasteiger partial charge in [-0.25, -0.2) is 4.79 Å². The highest BCUT2D eigenvalue weighted by molar-refractivity contribution is 5.94. The van der Waals surface area contributed by atoms with Gasteiger partial charge >= 0.3 is 6.03 Å². The molecule has 0 unspecified atom stereocenters. The molecule has 1 aliphatic heterocycles. The number of methoxy groups -OCH3 is 1. The van der Waals surface area contributed by atoms with E-state index in [1.165, 1.54) is 7.11 Å². The van der Waals surface area contributed by atoms with Crippen LogP contribution in [0.15, 0.2) is 24.3 Å². The van der Waals surface area contributed by atoms with Gasteiger partial charge in [-0.1, -0.05) is 0 Å². The highest BCUT2D eigenvalue weighted by Crippen LogP contribution is 2.21. The first-order valence-corrected chi connectivity index (χ1v) is 8.56. The third kappa shape index (κ3) is 5.45. The van der Waals surface area contributed by atoms with Crippen molar-refractivity contribution in [1.29, 1.82) is 0 Å². The van der Waals surface area contributed by atoms with Crippen LogP contribution >= 0.6 is 0 Å². The van der Waals surface area contributed by atoms with E-state index in [4.69, 9.17) is 4.74 Å². The molecule has 1 fully saturated rings. The smallest absolute Gasteiger partial charge is 0.319 e. The van der Waals surface area contributed by atoms with Gasteiger partial charge < -0.3 is 25.2 Å². The van der Waals surface area contributed by atoms with E-state index >= 15 is 0 Å². The van der Waals surface area contributed by atoms with Crippen LogP contribution < -0.4 is 10.6 Å². The molecular weight excluding hydrogens is 336 g/mol. The normalized spacial score (nSPS) is 14.7. The molecule has 142 valence electrons. The number of piperidine rings is 1. The van der Waals surface area contributed by atoms with Crippen LogP contribution in [0.25, 0.3) is 0 Å². The van der Waals surface area contributed by atoms with E-state index < -0.39 is 0 Å². The van der Waals surface area contributed by atoms with Crippen molar-refractivity contribution in [3.05, 3.63) is 24.3 Å². The first kappa shape index (κ1) is 19.7. The maximum atomic E-state index is 12.4. The lowest BCUT2D eigenvalue weighted by molar-refractivity contribution is -0.121. The molecule has 4 amide bonds. The molecule has 1 heterocycles. The van der Waals surface area contributed by atoms with Crippen molar-refractivity contribution in [2.24, 2.45) is 5.92 Å². The van der Waals surface area contributed by atoms with Gasteiger partial charge in [0.1, 0.15) is 6.61 Å². The number of rotatable bonds is 5. The average molecular weight is 362 g/mol. The van der Waals surface area contributed by atoms with E-state index in [-0.39, 0.29) is 30.4 Å². The molecule has 0 aromatic heterocycles. The summed E-state index contributed by atoms with van der Waals surface area (Å²) in [6.07, 6.45) is 1.30. The van der Waals surface area contributed by atoms with Crippen LogP contribution in [0.5, 0.6) is 0 Å². The van der Waals surface area contributed by atoms with Crippen molar-refractivity contribution in [3.8, 4) is 0 Å². The van der Waals surface area contributed by atoms with Crippen LogP contribution in [0.2, 0.25) is 0 Å². The number of carbonyl (C=O) groups excluding carboxylic acids is 3. The fourth-order valence-electron chi connectivity index (χ4n) is 2.83. The molecule has 1 aromatic carbocycles. The Kier molecular flexibility index (Phi) is 6.97. The summed E-state index contributed by atoms with van der Waals surface area (Å²) >= 11 is 0. The summed E-state index contributed by atoms with van der Waals surface area (Å²) in [6, 6.07) is 6.91. The fraction of sp³-hybridized carbons (Fsp3) is 0.500. The number of nitrogens with one attached hydrogen (secondary N) is 2. The zero-order valence-electron chi connectivity index (χ0n) is 15.4. The van der Waals surface area contributed by atoms with Crippen LogP contribution in [-0.4, -0.2) is 68.5 Å². The molecule has 1 saturated heterocycles. The zero-order chi connectivity index (χ0) is 19.1. The predicted molar refractivity (Wildman–Crippen MR) is 99.0 cm³/mol. The van der Waals surface area contributed by atoms with E-state index in [0.717, 1.165) is 0 Å². The summed E-state index contributed by atoms with van der Waals surface area (Å²) in [7, 11) is 4.91. The minimum Gasteiger partial charge on any atom is -0.375 e. The molecule has 0 aliphatic carbocycles. The summed E-state index contributed by atoms with van der Waals surface area (Å²) in [4.78, 5) is 39.1. The number of anilines is 2. The predicted octanol–water partition coefficient (Wildman–Crippen LogP) is 1.60. The van der Waals surface area contributed by atoms with Crippen LogP contribution in [0.4, 0.5) is 16.2 Å². The molecule has 1 aromatic rings. The monoisotopic (exact) mass is 362 g/mol. The Hall–Kier alpha value is -2.61. The minimum absolute atomic E-state index is 0.00644. The first-order chi connectivity index (χ1) is 12.4. The van der Waals surface area contributed by atoms with Crippen molar-refractivity contribution < 1.29 is 19.1 Å². The molecule has 0 radical (unpaired) electrons. The summed E-state index contributed by atoms with van der Waals surface area (Å²) < 4.78 is 4.76. The summed E-state index contributed by atoms with van der Waals surface area (Å²) in [6.45, 7) is 1.16. The van der Waals surface area contributed by atoms with Gasteiger partial charge in [0.15, 0.2) is 0 Å². The Morgan fingerprint density at radius 1 is 1.08 bits per heavy atom. The number of benzene rings is 1. The number of ether oxygens (including phenoxy) is 1. The average Bonchev–Trinajstić information content (AvgIpc) is 2.63. The molecule has 26 heavy (non-hydrogen) atoms. The quantitative estimate of drug-likeness (QED) is 0.832. The Morgan fingerprint density at radius 2 is 1.62 bits per heavy atom. The lowest BCUT2D eigenvalue weighted by atomic mass is 9.96. The Morgan fingerprint density at radius 3 is 2.12 bits per heavy atom. The van der Waals surface area contributed by atoms with Gasteiger partial charge in [0.2, 0.25) is 11.8 Å². The SMILES string of the molecule is COCC(=O)Nc1ccc(NC(=O)C2CCN(C(=O)N(C)C)CC2)cc1. The second-order valence-electron chi connectivity index (χ2n) is 6.49.